The second-order valence-corrected chi connectivity index (χ2v) is 9.51. The standard InChI is InChI=1S/C27H24N2O4S/c1-33-20-13-14-23-24(15-20)34-27(29-23)28-19-11-9-17(10-12-19)16-5-7-18(8-6-16)25(30)21-3-2-4-22(21)26(31)32/h5-15,21-22H,2-4H2,1H3,(H,28,29)(H,31,32)/t21-,22-/m1/s1. The second-order valence-electron chi connectivity index (χ2n) is 8.48. The molecule has 1 aromatic heterocycles. The number of carboxylic acids is 1. The van der Waals surface area contributed by atoms with E-state index in [0.29, 0.717) is 18.4 Å². The van der Waals surface area contributed by atoms with E-state index in [2.05, 4.69) is 10.3 Å². The highest BCUT2D eigenvalue weighted by Gasteiger charge is 2.37. The topological polar surface area (TPSA) is 88.5 Å². The molecule has 6 nitrogen and oxygen atoms in total. The van der Waals surface area contributed by atoms with Crippen molar-refractivity contribution < 1.29 is 19.4 Å². The lowest BCUT2D eigenvalue weighted by molar-refractivity contribution is -0.142. The first-order valence-electron chi connectivity index (χ1n) is 11.2. The van der Waals surface area contributed by atoms with Crippen molar-refractivity contribution in [1.82, 2.24) is 4.98 Å². The molecule has 5 rings (SSSR count). The summed E-state index contributed by atoms with van der Waals surface area (Å²) in [5.41, 5.74) is 4.46. The Kier molecular flexibility index (Phi) is 6.02. The highest BCUT2D eigenvalue weighted by Crippen LogP contribution is 2.35. The van der Waals surface area contributed by atoms with Crippen molar-refractivity contribution in [2.24, 2.45) is 11.8 Å². The average Bonchev–Trinajstić information content (AvgIpc) is 3.51. The predicted molar refractivity (Wildman–Crippen MR) is 134 cm³/mol. The second kappa shape index (κ2) is 9.27. The third-order valence-electron chi connectivity index (χ3n) is 6.40. The molecule has 0 amide bonds. The number of anilines is 2. The number of methoxy groups -OCH3 is 1. The predicted octanol–water partition coefficient (Wildman–Crippen LogP) is 6.40. The normalized spacial score (nSPS) is 17.6. The number of Topliss-reactive ketones (excluding diaryl/α,β-unsaturated/α-hetero) is 1. The lowest BCUT2D eigenvalue weighted by atomic mass is 9.88. The van der Waals surface area contributed by atoms with Crippen LogP contribution in [0.15, 0.2) is 66.7 Å². The van der Waals surface area contributed by atoms with Gasteiger partial charge in [0.05, 0.1) is 23.2 Å². The van der Waals surface area contributed by atoms with E-state index in [1.54, 1.807) is 30.6 Å². The highest BCUT2D eigenvalue weighted by atomic mass is 32.1. The van der Waals surface area contributed by atoms with Crippen molar-refractivity contribution in [2.75, 3.05) is 12.4 Å². The SMILES string of the molecule is COc1ccc2nc(Nc3ccc(-c4ccc(C(=O)[C@@H]5CCC[C@H]5C(=O)O)cc4)cc3)sc2c1. The molecule has 3 aromatic carbocycles. The molecule has 2 N–H and O–H groups in total. The number of ether oxygens (including phenoxy) is 1. The van der Waals surface area contributed by atoms with E-state index in [1.165, 1.54) is 0 Å². The van der Waals surface area contributed by atoms with Crippen LogP contribution in [0.2, 0.25) is 0 Å². The summed E-state index contributed by atoms with van der Waals surface area (Å²) in [6.45, 7) is 0. The van der Waals surface area contributed by atoms with Gasteiger partial charge in [-0.05, 0) is 54.3 Å². The number of hydrogen-bond acceptors (Lipinski definition) is 6. The van der Waals surface area contributed by atoms with E-state index in [1.807, 2.05) is 54.6 Å². The number of hydrogen-bond donors (Lipinski definition) is 2. The number of benzene rings is 3. The van der Waals surface area contributed by atoms with Crippen molar-refractivity contribution >= 4 is 44.1 Å². The van der Waals surface area contributed by atoms with Crippen LogP contribution in [0.25, 0.3) is 21.3 Å². The molecule has 2 atom stereocenters. The molecule has 1 aliphatic carbocycles. The van der Waals surface area contributed by atoms with Gasteiger partial charge in [0, 0.05) is 17.2 Å². The lowest BCUT2D eigenvalue weighted by Crippen LogP contribution is -2.25. The minimum Gasteiger partial charge on any atom is -0.497 e. The Morgan fingerprint density at radius 2 is 1.65 bits per heavy atom. The van der Waals surface area contributed by atoms with Crippen molar-refractivity contribution in [3.63, 3.8) is 0 Å². The molecule has 4 aromatic rings. The van der Waals surface area contributed by atoms with Gasteiger partial charge in [-0.15, -0.1) is 0 Å². The smallest absolute Gasteiger partial charge is 0.307 e. The number of ketones is 1. The van der Waals surface area contributed by atoms with Crippen LogP contribution in [0.1, 0.15) is 29.6 Å². The molecule has 1 aliphatic rings. The van der Waals surface area contributed by atoms with Crippen molar-refractivity contribution in [1.29, 1.82) is 0 Å². The minimum absolute atomic E-state index is 0.0653. The number of aliphatic carboxylic acids is 1. The third-order valence-corrected chi connectivity index (χ3v) is 7.34. The molecule has 0 saturated heterocycles. The van der Waals surface area contributed by atoms with Gasteiger partial charge in [-0.3, -0.25) is 9.59 Å². The monoisotopic (exact) mass is 472 g/mol. The van der Waals surface area contributed by atoms with E-state index in [-0.39, 0.29) is 5.78 Å². The molecule has 34 heavy (non-hydrogen) atoms. The van der Waals surface area contributed by atoms with E-state index in [4.69, 9.17) is 4.74 Å². The van der Waals surface area contributed by atoms with Gasteiger partial charge in [0.15, 0.2) is 10.9 Å². The van der Waals surface area contributed by atoms with Gasteiger partial charge in [0.2, 0.25) is 0 Å². The van der Waals surface area contributed by atoms with Crippen LogP contribution in [0, 0.1) is 11.8 Å². The maximum atomic E-state index is 12.8. The Morgan fingerprint density at radius 1 is 0.971 bits per heavy atom. The van der Waals surface area contributed by atoms with Crippen molar-refractivity contribution in [3.8, 4) is 16.9 Å². The molecule has 7 heteroatoms. The molecular weight excluding hydrogens is 448 g/mol. The maximum Gasteiger partial charge on any atom is 0.307 e. The van der Waals surface area contributed by atoms with E-state index >= 15 is 0 Å². The van der Waals surface area contributed by atoms with Crippen LogP contribution in [0.4, 0.5) is 10.8 Å². The van der Waals surface area contributed by atoms with Crippen molar-refractivity contribution in [2.45, 2.75) is 19.3 Å². The third kappa shape index (κ3) is 4.39. The molecule has 172 valence electrons. The number of fused-ring (bicyclic) bond motifs is 1. The van der Waals surface area contributed by atoms with Gasteiger partial charge < -0.3 is 15.2 Å². The molecule has 1 fully saturated rings. The van der Waals surface area contributed by atoms with Crippen LogP contribution in [-0.4, -0.2) is 29.0 Å². The number of nitrogens with one attached hydrogen (secondary N) is 1. The van der Waals surface area contributed by atoms with Crippen LogP contribution in [-0.2, 0) is 4.79 Å². The average molecular weight is 473 g/mol. The summed E-state index contributed by atoms with van der Waals surface area (Å²) in [6, 6.07) is 21.3. The van der Waals surface area contributed by atoms with Gasteiger partial charge in [-0.25, -0.2) is 4.98 Å². The quantitative estimate of drug-likeness (QED) is 0.303. The number of rotatable bonds is 7. The zero-order valence-electron chi connectivity index (χ0n) is 18.7. The number of thiazole rings is 1. The van der Waals surface area contributed by atoms with Crippen LogP contribution >= 0.6 is 11.3 Å². The fraction of sp³-hybridized carbons (Fsp3) is 0.222. The highest BCUT2D eigenvalue weighted by molar-refractivity contribution is 7.22. The summed E-state index contributed by atoms with van der Waals surface area (Å²) in [4.78, 5) is 28.9. The van der Waals surface area contributed by atoms with Gasteiger partial charge in [0.1, 0.15) is 5.75 Å². The molecule has 0 bridgehead atoms. The lowest BCUT2D eigenvalue weighted by Gasteiger charge is -2.14. The Balaban J connectivity index is 1.28. The zero-order valence-corrected chi connectivity index (χ0v) is 19.5. The Morgan fingerprint density at radius 3 is 2.32 bits per heavy atom. The Labute approximate surface area is 201 Å². The molecule has 1 saturated carbocycles. The molecular formula is C27H24N2O4S. The summed E-state index contributed by atoms with van der Waals surface area (Å²) in [7, 11) is 1.65. The van der Waals surface area contributed by atoms with Crippen LogP contribution in [0.3, 0.4) is 0 Å². The summed E-state index contributed by atoms with van der Waals surface area (Å²) < 4.78 is 6.34. The fourth-order valence-corrected chi connectivity index (χ4v) is 5.48. The van der Waals surface area contributed by atoms with E-state index < -0.39 is 17.8 Å². The molecule has 1 heterocycles. The molecule has 0 unspecified atom stereocenters. The first-order chi connectivity index (χ1) is 16.5. The van der Waals surface area contributed by atoms with E-state index in [0.717, 1.165) is 44.3 Å². The Hall–Kier alpha value is -3.71. The minimum atomic E-state index is -0.869. The van der Waals surface area contributed by atoms with Gasteiger partial charge in [-0.2, -0.15) is 0 Å². The molecule has 0 spiro atoms. The van der Waals surface area contributed by atoms with Gasteiger partial charge in [0.25, 0.3) is 0 Å². The number of nitrogens with zero attached hydrogens (tertiary/aromatic N) is 1. The number of aromatic nitrogens is 1. The van der Waals surface area contributed by atoms with Crippen LogP contribution in [0.5, 0.6) is 5.75 Å². The summed E-state index contributed by atoms with van der Waals surface area (Å²) in [5, 5.41) is 13.5. The van der Waals surface area contributed by atoms with Gasteiger partial charge >= 0.3 is 5.97 Å². The number of carbonyl (C=O) groups excluding carboxylic acids is 1. The summed E-state index contributed by atoms with van der Waals surface area (Å²) in [5.74, 6) is -1.11. The molecule has 0 radical (unpaired) electrons. The molecule has 0 aliphatic heterocycles. The summed E-state index contributed by atoms with van der Waals surface area (Å²) in [6.07, 6.45) is 2.01. The zero-order chi connectivity index (χ0) is 23.7. The Bertz CT molecular complexity index is 1350. The summed E-state index contributed by atoms with van der Waals surface area (Å²) >= 11 is 1.57. The van der Waals surface area contributed by atoms with Crippen LogP contribution < -0.4 is 10.1 Å². The van der Waals surface area contributed by atoms with Crippen molar-refractivity contribution in [3.05, 3.63) is 72.3 Å². The van der Waals surface area contributed by atoms with E-state index in [9.17, 15) is 14.7 Å². The first kappa shape index (κ1) is 22.1. The van der Waals surface area contributed by atoms with Gasteiger partial charge in [-0.1, -0.05) is 54.2 Å². The largest absolute Gasteiger partial charge is 0.497 e. The maximum absolute atomic E-state index is 12.8. The number of carboxylic acid groups (broad SMARTS) is 1. The fourth-order valence-electron chi connectivity index (χ4n) is 4.57. The number of carbonyl (C=O) groups is 2. The first-order valence-corrected chi connectivity index (χ1v) is 12.0.